The van der Waals surface area contributed by atoms with E-state index in [2.05, 4.69) is 10.6 Å². The molecule has 2 N–H and O–H groups in total. The Morgan fingerprint density at radius 1 is 1.19 bits per heavy atom. The number of anilines is 2. The minimum absolute atomic E-state index is 0.104. The highest BCUT2D eigenvalue weighted by atomic mass is 35.5. The van der Waals surface area contributed by atoms with Gasteiger partial charge in [-0.1, -0.05) is 41.4 Å². The Hall–Kier alpha value is -2.74. The first-order valence-electron chi connectivity index (χ1n) is 8.09. The number of halogens is 1. The largest absolute Gasteiger partial charge is 0.350 e. The number of carbonyl (C=O) groups is 1. The second kappa shape index (κ2) is 6.87. The Morgan fingerprint density at radius 3 is 2.50 bits per heavy atom. The molecule has 0 spiro atoms. The molecule has 1 unspecified atom stereocenters. The van der Waals surface area contributed by atoms with Gasteiger partial charge in [0.2, 0.25) is 5.91 Å². The molecule has 26 heavy (non-hydrogen) atoms. The fourth-order valence-corrected chi connectivity index (χ4v) is 3.10. The maximum Gasteiger partial charge on any atom is 0.332 e. The van der Waals surface area contributed by atoms with E-state index in [0.717, 1.165) is 15.7 Å². The second-order valence-electron chi connectivity index (χ2n) is 6.27. The topological polar surface area (TPSA) is 88.4 Å². The van der Waals surface area contributed by atoms with Crippen LogP contribution in [0.15, 0.2) is 33.9 Å². The van der Waals surface area contributed by atoms with Crippen molar-refractivity contribution in [3.8, 4) is 0 Å². The molecule has 138 valence electrons. The third-order valence-corrected chi connectivity index (χ3v) is 4.73. The molecule has 9 heteroatoms. The van der Waals surface area contributed by atoms with Crippen molar-refractivity contribution in [1.82, 2.24) is 14.5 Å². The number of fused-ring (bicyclic) bond motifs is 1. The van der Waals surface area contributed by atoms with Crippen LogP contribution in [0.25, 0.3) is 0 Å². The van der Waals surface area contributed by atoms with Crippen LogP contribution in [0.4, 0.5) is 11.5 Å². The average Bonchev–Trinajstić information content (AvgIpc) is 2.94. The molecule has 0 aliphatic carbocycles. The monoisotopic (exact) mass is 377 g/mol. The van der Waals surface area contributed by atoms with Crippen molar-refractivity contribution < 1.29 is 4.79 Å². The lowest BCUT2D eigenvalue weighted by molar-refractivity contribution is -0.119. The van der Waals surface area contributed by atoms with Crippen molar-refractivity contribution in [2.45, 2.75) is 19.1 Å². The zero-order valence-corrected chi connectivity index (χ0v) is 15.5. The van der Waals surface area contributed by atoms with E-state index in [4.69, 9.17) is 11.6 Å². The summed E-state index contributed by atoms with van der Waals surface area (Å²) in [4.78, 5) is 38.2. The van der Waals surface area contributed by atoms with E-state index in [-0.39, 0.29) is 18.1 Å². The van der Waals surface area contributed by atoms with Gasteiger partial charge in [-0.2, -0.15) is 0 Å². The summed E-state index contributed by atoms with van der Waals surface area (Å²) in [6, 6.07) is 7.83. The molecule has 1 aliphatic rings. The number of amides is 1. The maximum atomic E-state index is 12.5. The molecule has 1 aliphatic heterocycles. The first-order chi connectivity index (χ1) is 12.3. The standard InChI is InChI=1S/C17H20ClN5O3/c1-10-4-6-11(7-5-10)8-19-12(24)9-23-13-14(20-16(23)18)21(2)17(26)22(3)15(13)25/h4-7,16,20H,8-9H2,1-3H3,(H,19,24). The molecule has 0 saturated carbocycles. The van der Waals surface area contributed by atoms with Crippen molar-refractivity contribution in [2.24, 2.45) is 14.1 Å². The molecule has 2 aromatic rings. The Morgan fingerprint density at radius 2 is 1.85 bits per heavy atom. The lowest BCUT2D eigenvalue weighted by Gasteiger charge is -2.20. The van der Waals surface area contributed by atoms with Gasteiger partial charge in [-0.3, -0.25) is 18.7 Å². The summed E-state index contributed by atoms with van der Waals surface area (Å²) >= 11 is 6.24. The number of alkyl halides is 1. The number of hydrogen-bond acceptors (Lipinski definition) is 5. The maximum absolute atomic E-state index is 12.5. The quantitative estimate of drug-likeness (QED) is 0.597. The van der Waals surface area contributed by atoms with Gasteiger partial charge in [0.15, 0.2) is 5.62 Å². The van der Waals surface area contributed by atoms with E-state index in [1.807, 2.05) is 31.2 Å². The van der Waals surface area contributed by atoms with Gasteiger partial charge in [-0.05, 0) is 12.5 Å². The van der Waals surface area contributed by atoms with Gasteiger partial charge >= 0.3 is 5.69 Å². The van der Waals surface area contributed by atoms with Gasteiger partial charge in [-0.25, -0.2) is 4.79 Å². The van der Waals surface area contributed by atoms with Crippen LogP contribution in [-0.2, 0) is 25.4 Å². The molecule has 8 nitrogen and oxygen atoms in total. The number of nitrogens with one attached hydrogen (secondary N) is 2. The van der Waals surface area contributed by atoms with E-state index < -0.39 is 16.9 Å². The molecule has 0 bridgehead atoms. The molecule has 0 fully saturated rings. The lowest BCUT2D eigenvalue weighted by Crippen LogP contribution is -2.44. The predicted octanol–water partition coefficient (Wildman–Crippen LogP) is 0.463. The van der Waals surface area contributed by atoms with Crippen LogP contribution in [0, 0.1) is 6.92 Å². The van der Waals surface area contributed by atoms with Gasteiger partial charge in [0.1, 0.15) is 18.1 Å². The first-order valence-corrected chi connectivity index (χ1v) is 8.52. The lowest BCUT2D eigenvalue weighted by atomic mass is 10.1. The molecule has 1 aromatic heterocycles. The number of carbonyl (C=O) groups excluding carboxylic acids is 1. The summed E-state index contributed by atoms with van der Waals surface area (Å²) in [5.41, 5.74) is 0.577. The molecule has 1 aromatic carbocycles. The number of aryl methyl sites for hydroxylation is 1. The smallest absolute Gasteiger partial charge is 0.332 e. The van der Waals surface area contributed by atoms with E-state index in [1.165, 1.54) is 23.6 Å². The summed E-state index contributed by atoms with van der Waals surface area (Å²) in [6.07, 6.45) is 0. The van der Waals surface area contributed by atoms with Crippen molar-refractivity contribution >= 4 is 29.0 Å². The molecule has 1 atom stereocenters. The zero-order valence-electron chi connectivity index (χ0n) is 14.7. The highest BCUT2D eigenvalue weighted by Gasteiger charge is 2.34. The Kier molecular flexibility index (Phi) is 4.78. The van der Waals surface area contributed by atoms with Gasteiger partial charge in [0.25, 0.3) is 5.56 Å². The van der Waals surface area contributed by atoms with Crippen LogP contribution in [0.1, 0.15) is 11.1 Å². The Balaban J connectivity index is 1.77. The molecule has 0 saturated heterocycles. The Labute approximate surface area is 155 Å². The number of rotatable bonds is 4. The van der Waals surface area contributed by atoms with Crippen LogP contribution in [0.2, 0.25) is 0 Å². The summed E-state index contributed by atoms with van der Waals surface area (Å²) in [5.74, 6) is 0.0335. The summed E-state index contributed by atoms with van der Waals surface area (Å²) in [5, 5.41) is 5.68. The van der Waals surface area contributed by atoms with Crippen LogP contribution in [0.3, 0.4) is 0 Å². The molecule has 1 amide bonds. The first kappa shape index (κ1) is 18.1. The molecule has 0 radical (unpaired) electrons. The molecular weight excluding hydrogens is 358 g/mol. The minimum Gasteiger partial charge on any atom is -0.350 e. The van der Waals surface area contributed by atoms with Gasteiger partial charge in [0, 0.05) is 20.6 Å². The average molecular weight is 378 g/mol. The zero-order chi connectivity index (χ0) is 19.0. The third-order valence-electron chi connectivity index (χ3n) is 4.38. The van der Waals surface area contributed by atoms with Crippen LogP contribution < -0.4 is 26.8 Å². The summed E-state index contributed by atoms with van der Waals surface area (Å²) in [6.45, 7) is 2.27. The van der Waals surface area contributed by atoms with Crippen molar-refractivity contribution in [3.05, 3.63) is 56.2 Å². The van der Waals surface area contributed by atoms with E-state index in [9.17, 15) is 14.4 Å². The van der Waals surface area contributed by atoms with Crippen molar-refractivity contribution in [3.63, 3.8) is 0 Å². The number of nitrogens with zero attached hydrogens (tertiary/aromatic N) is 3. The number of aromatic nitrogens is 2. The fourth-order valence-electron chi connectivity index (χ4n) is 2.83. The highest BCUT2D eigenvalue weighted by molar-refractivity contribution is 6.24. The predicted molar refractivity (Wildman–Crippen MR) is 101 cm³/mol. The molecule has 3 rings (SSSR count). The molecule has 2 heterocycles. The summed E-state index contributed by atoms with van der Waals surface area (Å²) < 4.78 is 2.29. The van der Waals surface area contributed by atoms with Crippen LogP contribution >= 0.6 is 11.6 Å². The van der Waals surface area contributed by atoms with Crippen LogP contribution in [-0.4, -0.2) is 27.2 Å². The van der Waals surface area contributed by atoms with Gasteiger partial charge in [-0.15, -0.1) is 0 Å². The normalized spacial score (nSPS) is 15.5. The Bertz CT molecular complexity index is 964. The third kappa shape index (κ3) is 3.20. The van der Waals surface area contributed by atoms with Gasteiger partial charge < -0.3 is 15.5 Å². The molecular formula is C17H20ClN5O3. The SMILES string of the molecule is Cc1ccc(CNC(=O)CN2c3c(n(C)c(=O)n(C)c3=O)NC2Cl)cc1. The highest BCUT2D eigenvalue weighted by Crippen LogP contribution is 2.30. The summed E-state index contributed by atoms with van der Waals surface area (Å²) in [7, 11) is 2.93. The van der Waals surface area contributed by atoms with E-state index in [1.54, 1.807) is 0 Å². The number of hydrogen-bond donors (Lipinski definition) is 2. The van der Waals surface area contributed by atoms with E-state index >= 15 is 0 Å². The van der Waals surface area contributed by atoms with Crippen molar-refractivity contribution in [2.75, 3.05) is 16.8 Å². The fraction of sp³-hybridized carbons (Fsp3) is 0.353. The minimum atomic E-state index is -0.796. The van der Waals surface area contributed by atoms with E-state index in [0.29, 0.717) is 12.4 Å². The van der Waals surface area contributed by atoms with Gasteiger partial charge in [0.05, 0.1) is 0 Å². The number of benzene rings is 1. The van der Waals surface area contributed by atoms with Crippen molar-refractivity contribution in [1.29, 1.82) is 0 Å². The van der Waals surface area contributed by atoms with Crippen LogP contribution in [0.5, 0.6) is 0 Å². The second-order valence-corrected chi connectivity index (χ2v) is 6.69.